The molecule has 8 nitrogen and oxygen atoms in total. The van der Waals surface area contributed by atoms with Gasteiger partial charge in [0.1, 0.15) is 5.76 Å². The van der Waals surface area contributed by atoms with E-state index in [1.165, 1.54) is 0 Å². The van der Waals surface area contributed by atoms with E-state index in [2.05, 4.69) is 20.3 Å². The predicted molar refractivity (Wildman–Crippen MR) is 88.7 cm³/mol. The first-order valence-electron chi connectivity index (χ1n) is 8.68. The average Bonchev–Trinajstić information content (AvgIpc) is 3.01. The number of ether oxygens (including phenoxy) is 1. The van der Waals surface area contributed by atoms with Crippen molar-refractivity contribution in [3.05, 3.63) is 17.5 Å². The van der Waals surface area contributed by atoms with Crippen molar-refractivity contribution in [2.45, 2.75) is 13.5 Å². The zero-order valence-corrected chi connectivity index (χ0v) is 14.4. The molecular weight excluding hydrogens is 310 g/mol. The summed E-state index contributed by atoms with van der Waals surface area (Å²) < 4.78 is 10.4. The summed E-state index contributed by atoms with van der Waals surface area (Å²) in [6, 6.07) is 2.00. The molecule has 24 heavy (non-hydrogen) atoms. The van der Waals surface area contributed by atoms with Gasteiger partial charge in [-0.1, -0.05) is 5.16 Å². The number of hydrogen-bond donors (Lipinski definition) is 1. The van der Waals surface area contributed by atoms with Gasteiger partial charge in [-0.15, -0.1) is 0 Å². The number of nitrogens with one attached hydrogen (secondary N) is 1. The summed E-state index contributed by atoms with van der Waals surface area (Å²) in [7, 11) is 0. The smallest absolute Gasteiger partial charge is 0.317 e. The van der Waals surface area contributed by atoms with E-state index in [1.807, 2.05) is 17.9 Å². The average molecular weight is 337 g/mol. The molecule has 2 aliphatic heterocycles. The highest BCUT2D eigenvalue weighted by Gasteiger charge is 2.21. The monoisotopic (exact) mass is 337 g/mol. The lowest BCUT2D eigenvalue weighted by Crippen LogP contribution is -2.52. The molecule has 1 aromatic heterocycles. The van der Waals surface area contributed by atoms with Gasteiger partial charge in [0.15, 0.2) is 0 Å². The lowest BCUT2D eigenvalue weighted by atomic mass is 10.3. The Kier molecular flexibility index (Phi) is 6.06. The summed E-state index contributed by atoms with van der Waals surface area (Å²) >= 11 is 0. The van der Waals surface area contributed by atoms with Crippen molar-refractivity contribution in [3.8, 4) is 0 Å². The Morgan fingerprint density at radius 2 is 1.92 bits per heavy atom. The fraction of sp³-hybridized carbons (Fsp3) is 0.750. The van der Waals surface area contributed by atoms with E-state index in [-0.39, 0.29) is 6.03 Å². The molecule has 0 radical (unpaired) electrons. The molecular formula is C16H27N5O3. The molecule has 2 saturated heterocycles. The summed E-state index contributed by atoms with van der Waals surface area (Å²) in [6.45, 7) is 11.0. The molecule has 8 heteroatoms. The molecule has 3 rings (SSSR count). The molecule has 3 heterocycles. The van der Waals surface area contributed by atoms with Gasteiger partial charge in [-0.3, -0.25) is 9.80 Å². The number of carbonyl (C=O) groups is 1. The van der Waals surface area contributed by atoms with Gasteiger partial charge >= 0.3 is 6.03 Å². The van der Waals surface area contributed by atoms with E-state index >= 15 is 0 Å². The van der Waals surface area contributed by atoms with Crippen molar-refractivity contribution in [2.75, 3.05) is 65.6 Å². The minimum Gasteiger partial charge on any atom is -0.379 e. The second-order valence-electron chi connectivity index (χ2n) is 6.38. The highest BCUT2D eigenvalue weighted by atomic mass is 16.5. The zero-order valence-electron chi connectivity index (χ0n) is 14.4. The van der Waals surface area contributed by atoms with Crippen LogP contribution in [0.2, 0.25) is 0 Å². The number of nitrogens with zero attached hydrogens (tertiary/aromatic N) is 4. The Hall–Kier alpha value is -1.64. The van der Waals surface area contributed by atoms with Gasteiger partial charge in [-0.2, -0.15) is 0 Å². The number of piperazine rings is 1. The maximum Gasteiger partial charge on any atom is 0.317 e. The molecule has 0 aromatic carbocycles. The van der Waals surface area contributed by atoms with Crippen LogP contribution in [0.4, 0.5) is 4.79 Å². The van der Waals surface area contributed by atoms with Gasteiger partial charge in [0.25, 0.3) is 0 Å². The molecule has 2 aliphatic rings. The molecule has 2 fully saturated rings. The number of aromatic nitrogens is 1. The Morgan fingerprint density at radius 1 is 1.17 bits per heavy atom. The van der Waals surface area contributed by atoms with Crippen molar-refractivity contribution < 1.29 is 14.1 Å². The van der Waals surface area contributed by atoms with Crippen molar-refractivity contribution in [1.29, 1.82) is 0 Å². The molecule has 1 aromatic rings. The Morgan fingerprint density at radius 3 is 2.58 bits per heavy atom. The summed E-state index contributed by atoms with van der Waals surface area (Å²) in [4.78, 5) is 18.7. The van der Waals surface area contributed by atoms with E-state index in [0.29, 0.717) is 6.54 Å². The molecule has 2 amide bonds. The number of morpholine rings is 1. The van der Waals surface area contributed by atoms with Crippen molar-refractivity contribution in [3.63, 3.8) is 0 Å². The normalized spacial score (nSPS) is 20.3. The summed E-state index contributed by atoms with van der Waals surface area (Å²) in [5.41, 5.74) is 0.955. The van der Waals surface area contributed by atoms with Crippen LogP contribution in [-0.2, 0) is 11.3 Å². The van der Waals surface area contributed by atoms with Crippen LogP contribution in [0, 0.1) is 6.92 Å². The summed E-state index contributed by atoms with van der Waals surface area (Å²) in [5, 5.41) is 7.05. The lowest BCUT2D eigenvalue weighted by Gasteiger charge is -2.34. The first kappa shape index (κ1) is 17.2. The van der Waals surface area contributed by atoms with Crippen LogP contribution >= 0.6 is 0 Å². The third kappa shape index (κ3) is 4.93. The standard InChI is InChI=1S/C16H27N5O3/c1-14-12-15(18-24-14)13-20-4-6-21(7-5-20)16(22)17-2-3-19-8-10-23-11-9-19/h12H,2-11,13H2,1H3,(H,17,22). The first-order valence-corrected chi connectivity index (χ1v) is 8.68. The second kappa shape index (κ2) is 8.46. The zero-order chi connectivity index (χ0) is 16.8. The maximum atomic E-state index is 12.2. The van der Waals surface area contributed by atoms with Crippen LogP contribution in [0.3, 0.4) is 0 Å². The predicted octanol–water partition coefficient (Wildman–Crippen LogP) is 0.142. The lowest BCUT2D eigenvalue weighted by molar-refractivity contribution is 0.0385. The summed E-state index contributed by atoms with van der Waals surface area (Å²) in [6.07, 6.45) is 0. The molecule has 0 saturated carbocycles. The topological polar surface area (TPSA) is 74.1 Å². The molecule has 0 bridgehead atoms. The van der Waals surface area contributed by atoms with E-state index < -0.39 is 0 Å². The number of rotatable bonds is 5. The summed E-state index contributed by atoms with van der Waals surface area (Å²) in [5.74, 6) is 0.836. The highest BCUT2D eigenvalue weighted by molar-refractivity contribution is 5.74. The van der Waals surface area contributed by atoms with Gasteiger partial charge in [-0.25, -0.2) is 4.79 Å². The molecule has 0 spiro atoms. The van der Waals surface area contributed by atoms with Crippen LogP contribution in [0.15, 0.2) is 10.6 Å². The Balaban J connectivity index is 1.32. The number of carbonyl (C=O) groups excluding carboxylic acids is 1. The van der Waals surface area contributed by atoms with E-state index in [9.17, 15) is 4.79 Å². The Bertz CT molecular complexity index is 522. The van der Waals surface area contributed by atoms with Crippen LogP contribution < -0.4 is 5.32 Å². The van der Waals surface area contributed by atoms with E-state index in [4.69, 9.17) is 9.26 Å². The maximum absolute atomic E-state index is 12.2. The number of urea groups is 1. The third-order valence-corrected chi connectivity index (χ3v) is 4.53. The third-order valence-electron chi connectivity index (χ3n) is 4.53. The molecule has 0 unspecified atom stereocenters. The van der Waals surface area contributed by atoms with Crippen molar-refractivity contribution >= 4 is 6.03 Å². The SMILES string of the molecule is Cc1cc(CN2CCN(C(=O)NCCN3CCOCC3)CC2)no1. The largest absolute Gasteiger partial charge is 0.379 e. The van der Waals surface area contributed by atoms with Gasteiger partial charge in [0.2, 0.25) is 0 Å². The van der Waals surface area contributed by atoms with Gasteiger partial charge in [0, 0.05) is 65.0 Å². The fourth-order valence-electron chi connectivity index (χ4n) is 3.09. The van der Waals surface area contributed by atoms with Gasteiger partial charge < -0.3 is 19.5 Å². The minimum atomic E-state index is 0.0418. The quantitative estimate of drug-likeness (QED) is 0.824. The molecule has 134 valence electrons. The molecule has 0 atom stereocenters. The minimum absolute atomic E-state index is 0.0418. The van der Waals surface area contributed by atoms with Gasteiger partial charge in [-0.05, 0) is 6.92 Å². The van der Waals surface area contributed by atoms with Crippen LogP contribution in [0.25, 0.3) is 0 Å². The van der Waals surface area contributed by atoms with E-state index in [1.54, 1.807) is 0 Å². The van der Waals surface area contributed by atoms with Crippen LogP contribution in [0.1, 0.15) is 11.5 Å². The number of hydrogen-bond acceptors (Lipinski definition) is 6. The van der Waals surface area contributed by atoms with E-state index in [0.717, 1.165) is 77.0 Å². The van der Waals surface area contributed by atoms with Gasteiger partial charge in [0.05, 0.1) is 18.9 Å². The molecule has 1 N–H and O–H groups in total. The van der Waals surface area contributed by atoms with Crippen LogP contribution in [0.5, 0.6) is 0 Å². The molecule has 0 aliphatic carbocycles. The fourth-order valence-corrected chi connectivity index (χ4v) is 3.09. The highest BCUT2D eigenvalue weighted by Crippen LogP contribution is 2.09. The van der Waals surface area contributed by atoms with Crippen molar-refractivity contribution in [2.24, 2.45) is 0 Å². The number of amides is 2. The Labute approximate surface area is 142 Å². The first-order chi connectivity index (χ1) is 11.7. The van der Waals surface area contributed by atoms with Crippen LogP contribution in [-0.4, -0.2) is 91.5 Å². The second-order valence-corrected chi connectivity index (χ2v) is 6.38. The number of aryl methyl sites for hydroxylation is 1. The van der Waals surface area contributed by atoms with Crippen molar-refractivity contribution in [1.82, 2.24) is 25.2 Å².